The second-order valence-corrected chi connectivity index (χ2v) is 9.09. The number of nitrogens with one attached hydrogen (secondary N) is 1. The summed E-state index contributed by atoms with van der Waals surface area (Å²) in [4.78, 5) is 17.5. The largest absolute Gasteiger partial charge is 0.433 e. The molecular formula is C20H21ClF2N4O2. The number of ether oxygens (including phenoxy) is 1. The smallest absolute Gasteiger partial charge is 0.387 e. The van der Waals surface area contributed by atoms with Crippen LogP contribution in [0.25, 0.3) is 0 Å². The number of alkyl halides is 2. The number of rotatable bonds is 5. The number of para-hydroxylation sites is 2. The Kier molecular flexibility index (Phi) is 4.31. The number of benzene rings is 1. The van der Waals surface area contributed by atoms with E-state index in [9.17, 15) is 13.6 Å². The highest BCUT2D eigenvalue weighted by molar-refractivity contribution is 6.28. The molecule has 6 nitrogen and oxygen atoms in total. The number of amides is 1. The standard InChI is InChI=1S/C20H21ClF2N4O2/c21-17-24-11-27(26-17)20-8-12-5-13(9-20)7-19(6-12,10-20)16(28)25-14-3-1-2-4-15(14)29-18(22)23/h1-4,11-13,18H,5-10H2,(H,25,28)/t12-,13+,19?,20?. The molecule has 1 aromatic heterocycles. The molecule has 6 rings (SSSR count). The molecule has 4 atom stereocenters. The van der Waals surface area contributed by atoms with Crippen molar-refractivity contribution in [3.8, 4) is 5.75 Å². The molecule has 1 amide bonds. The Bertz CT molecular complexity index is 936. The highest BCUT2D eigenvalue weighted by atomic mass is 35.5. The fraction of sp³-hybridized carbons (Fsp3) is 0.550. The van der Waals surface area contributed by atoms with Gasteiger partial charge in [-0.15, -0.1) is 5.10 Å². The number of nitrogens with zero attached hydrogens (tertiary/aromatic N) is 3. The second-order valence-electron chi connectivity index (χ2n) is 8.75. The van der Waals surface area contributed by atoms with Crippen LogP contribution in [0.3, 0.4) is 0 Å². The van der Waals surface area contributed by atoms with Crippen LogP contribution in [-0.4, -0.2) is 27.3 Å². The lowest BCUT2D eigenvalue weighted by molar-refractivity contribution is -0.150. The predicted octanol–water partition coefficient (Wildman–Crippen LogP) is 4.47. The minimum atomic E-state index is -2.95. The molecule has 1 aromatic carbocycles. The molecule has 2 unspecified atom stereocenters. The van der Waals surface area contributed by atoms with E-state index in [1.807, 2.05) is 4.68 Å². The van der Waals surface area contributed by atoms with Crippen molar-refractivity contribution < 1.29 is 18.3 Å². The van der Waals surface area contributed by atoms with Gasteiger partial charge in [-0.3, -0.25) is 4.79 Å². The highest BCUT2D eigenvalue weighted by Gasteiger charge is 2.61. The van der Waals surface area contributed by atoms with Crippen LogP contribution in [0.2, 0.25) is 5.28 Å². The topological polar surface area (TPSA) is 69.0 Å². The van der Waals surface area contributed by atoms with Crippen LogP contribution < -0.4 is 10.1 Å². The van der Waals surface area contributed by atoms with E-state index in [4.69, 9.17) is 11.6 Å². The summed E-state index contributed by atoms with van der Waals surface area (Å²) in [5.41, 5.74) is -0.549. The first-order valence-corrected chi connectivity index (χ1v) is 10.2. The molecule has 4 aliphatic rings. The molecule has 0 aliphatic heterocycles. The minimum absolute atomic E-state index is 0.0293. The fourth-order valence-electron chi connectivity index (χ4n) is 6.24. The molecule has 0 radical (unpaired) electrons. The van der Waals surface area contributed by atoms with Crippen LogP contribution in [-0.2, 0) is 10.3 Å². The normalized spacial score (nSPS) is 32.6. The molecule has 154 valence electrons. The molecule has 9 heteroatoms. The van der Waals surface area contributed by atoms with Crippen molar-refractivity contribution in [2.45, 2.75) is 50.7 Å². The van der Waals surface area contributed by atoms with E-state index in [1.54, 1.807) is 24.5 Å². The number of hydrogen-bond acceptors (Lipinski definition) is 4. The maximum absolute atomic E-state index is 13.5. The van der Waals surface area contributed by atoms with Crippen LogP contribution in [0.5, 0.6) is 5.75 Å². The maximum atomic E-state index is 13.5. The Hall–Kier alpha value is -2.22. The Balaban J connectivity index is 1.45. The maximum Gasteiger partial charge on any atom is 0.387 e. The Morgan fingerprint density at radius 1 is 1.24 bits per heavy atom. The van der Waals surface area contributed by atoms with Crippen molar-refractivity contribution in [3.05, 3.63) is 35.9 Å². The molecule has 4 saturated carbocycles. The summed E-state index contributed by atoms with van der Waals surface area (Å²) in [5, 5.41) is 7.44. The molecular weight excluding hydrogens is 402 g/mol. The first kappa shape index (κ1) is 18.8. The summed E-state index contributed by atoms with van der Waals surface area (Å²) in [6.45, 7) is -2.95. The number of carbonyl (C=O) groups is 1. The summed E-state index contributed by atoms with van der Waals surface area (Å²) < 4.78 is 31.9. The Morgan fingerprint density at radius 2 is 1.97 bits per heavy atom. The van der Waals surface area contributed by atoms with Crippen molar-refractivity contribution in [1.29, 1.82) is 0 Å². The zero-order valence-corrected chi connectivity index (χ0v) is 16.4. The van der Waals surface area contributed by atoms with Crippen molar-refractivity contribution in [2.24, 2.45) is 17.3 Å². The average Bonchev–Trinajstić information content (AvgIpc) is 3.09. The second kappa shape index (κ2) is 6.65. The molecule has 1 N–H and O–H groups in total. The first-order chi connectivity index (χ1) is 13.9. The van der Waals surface area contributed by atoms with Crippen LogP contribution in [0.15, 0.2) is 30.6 Å². The van der Waals surface area contributed by atoms with Gasteiger partial charge in [0.1, 0.15) is 12.1 Å². The van der Waals surface area contributed by atoms with Crippen LogP contribution in [0, 0.1) is 17.3 Å². The average molecular weight is 423 g/mol. The van der Waals surface area contributed by atoms with Gasteiger partial charge in [0.25, 0.3) is 0 Å². The highest BCUT2D eigenvalue weighted by Crippen LogP contribution is 2.64. The molecule has 2 aromatic rings. The van der Waals surface area contributed by atoms with Gasteiger partial charge in [0.2, 0.25) is 11.2 Å². The van der Waals surface area contributed by atoms with Gasteiger partial charge in [0.05, 0.1) is 16.6 Å². The lowest BCUT2D eigenvalue weighted by Gasteiger charge is -2.60. The lowest BCUT2D eigenvalue weighted by atomic mass is 9.46. The quantitative estimate of drug-likeness (QED) is 0.772. The summed E-state index contributed by atoms with van der Waals surface area (Å²) in [7, 11) is 0. The van der Waals surface area contributed by atoms with Gasteiger partial charge in [-0.1, -0.05) is 12.1 Å². The summed E-state index contributed by atoms with van der Waals surface area (Å²) in [6.07, 6.45) is 6.95. The fourth-order valence-corrected chi connectivity index (χ4v) is 6.37. The zero-order valence-electron chi connectivity index (χ0n) is 15.7. The van der Waals surface area contributed by atoms with Gasteiger partial charge in [-0.25, -0.2) is 9.67 Å². The van der Waals surface area contributed by atoms with Gasteiger partial charge in [-0.2, -0.15) is 8.78 Å². The van der Waals surface area contributed by atoms with Crippen molar-refractivity contribution in [1.82, 2.24) is 14.8 Å². The molecule has 4 aliphatic carbocycles. The molecule has 29 heavy (non-hydrogen) atoms. The third-order valence-corrected chi connectivity index (χ3v) is 6.99. The number of hydrogen-bond donors (Lipinski definition) is 1. The molecule has 4 fully saturated rings. The van der Waals surface area contributed by atoms with Gasteiger partial charge >= 0.3 is 6.61 Å². The first-order valence-electron chi connectivity index (χ1n) is 9.80. The SMILES string of the molecule is O=C(Nc1ccccc1OC(F)F)C12C[C@H]3C[C@@H](C1)CC(n1cnc(Cl)n1)(C3)C2. The summed E-state index contributed by atoms with van der Waals surface area (Å²) in [6, 6.07) is 6.30. The van der Waals surface area contributed by atoms with E-state index >= 15 is 0 Å². The van der Waals surface area contributed by atoms with Crippen molar-refractivity contribution >= 4 is 23.2 Å². The van der Waals surface area contributed by atoms with E-state index < -0.39 is 12.0 Å². The van der Waals surface area contributed by atoms with Gasteiger partial charge in [0.15, 0.2) is 0 Å². The number of anilines is 1. The van der Waals surface area contributed by atoms with Gasteiger partial charge in [0, 0.05) is 0 Å². The van der Waals surface area contributed by atoms with E-state index in [1.165, 1.54) is 6.07 Å². The van der Waals surface area contributed by atoms with E-state index in [-0.39, 0.29) is 28.2 Å². The predicted molar refractivity (Wildman–Crippen MR) is 102 cm³/mol. The third-order valence-electron chi connectivity index (χ3n) is 6.81. The summed E-state index contributed by atoms with van der Waals surface area (Å²) in [5.74, 6) is 0.695. The Labute approximate surface area is 171 Å². The lowest BCUT2D eigenvalue weighted by Crippen LogP contribution is -2.60. The molecule has 4 bridgehead atoms. The van der Waals surface area contributed by atoms with Crippen LogP contribution in [0.4, 0.5) is 14.5 Å². The van der Waals surface area contributed by atoms with Crippen molar-refractivity contribution in [3.63, 3.8) is 0 Å². The third kappa shape index (κ3) is 3.17. The molecule has 0 saturated heterocycles. The minimum Gasteiger partial charge on any atom is -0.433 e. The van der Waals surface area contributed by atoms with E-state index in [0.29, 0.717) is 18.3 Å². The monoisotopic (exact) mass is 422 g/mol. The van der Waals surface area contributed by atoms with E-state index in [2.05, 4.69) is 20.1 Å². The number of halogens is 3. The van der Waals surface area contributed by atoms with E-state index in [0.717, 1.165) is 32.1 Å². The molecule has 0 spiro atoms. The number of carbonyl (C=O) groups excluding carboxylic acids is 1. The zero-order chi connectivity index (χ0) is 20.2. The van der Waals surface area contributed by atoms with Crippen LogP contribution >= 0.6 is 11.6 Å². The van der Waals surface area contributed by atoms with Gasteiger partial charge < -0.3 is 10.1 Å². The van der Waals surface area contributed by atoms with Crippen molar-refractivity contribution in [2.75, 3.05) is 5.32 Å². The molecule has 1 heterocycles. The van der Waals surface area contributed by atoms with Gasteiger partial charge in [-0.05, 0) is 74.1 Å². The summed E-state index contributed by atoms with van der Waals surface area (Å²) >= 11 is 5.97. The Morgan fingerprint density at radius 3 is 2.62 bits per heavy atom. The van der Waals surface area contributed by atoms with Crippen LogP contribution in [0.1, 0.15) is 38.5 Å². The number of aromatic nitrogens is 3.